The molecule has 0 amide bonds. The second kappa shape index (κ2) is 9.02. The van der Waals surface area contributed by atoms with Crippen molar-refractivity contribution < 1.29 is 19.0 Å². The molecule has 6 rings (SSSR count). The quantitative estimate of drug-likeness (QED) is 0.645. The van der Waals surface area contributed by atoms with E-state index in [1.807, 2.05) is 17.9 Å². The molecule has 3 fully saturated rings. The van der Waals surface area contributed by atoms with Crippen molar-refractivity contribution in [2.24, 2.45) is 11.1 Å². The van der Waals surface area contributed by atoms with Crippen LogP contribution in [0.4, 0.5) is 16.0 Å². The highest BCUT2D eigenvalue weighted by Crippen LogP contribution is 2.45. The summed E-state index contributed by atoms with van der Waals surface area (Å²) < 4.78 is 25.8. The number of nitrogens with zero attached hydrogens (tertiary/aromatic N) is 5. The zero-order valence-electron chi connectivity index (χ0n) is 19.8. The summed E-state index contributed by atoms with van der Waals surface area (Å²) >= 11 is 1.42. The Hall–Kier alpha value is -2.21. The molecule has 2 aromatic rings. The lowest BCUT2D eigenvalue weighted by Gasteiger charge is -2.41. The molecule has 4 aliphatic rings. The van der Waals surface area contributed by atoms with E-state index in [-0.39, 0.29) is 30.2 Å². The maximum Gasteiger partial charge on any atom is 0.175 e. The molecule has 0 radical (unpaired) electrons. The average Bonchev–Trinajstić information content (AvgIpc) is 3.39. The first-order valence-electron chi connectivity index (χ1n) is 12.3. The predicted octanol–water partition coefficient (Wildman–Crippen LogP) is 2.16. The summed E-state index contributed by atoms with van der Waals surface area (Å²) in [6.07, 6.45) is 5.02. The molecule has 4 aliphatic heterocycles. The van der Waals surface area contributed by atoms with Gasteiger partial charge in [-0.15, -0.1) is 0 Å². The van der Waals surface area contributed by atoms with Gasteiger partial charge >= 0.3 is 0 Å². The molecular formula is C24H31FN6O3S. The lowest BCUT2D eigenvalue weighted by molar-refractivity contribution is 0.0973. The van der Waals surface area contributed by atoms with Gasteiger partial charge in [0, 0.05) is 37.2 Å². The van der Waals surface area contributed by atoms with Gasteiger partial charge in [-0.2, -0.15) is 0 Å². The molecule has 11 heteroatoms. The number of aromatic nitrogens is 3. The lowest BCUT2D eigenvalue weighted by Crippen LogP contribution is -2.51. The van der Waals surface area contributed by atoms with E-state index in [0.717, 1.165) is 30.8 Å². The second-order valence-corrected chi connectivity index (χ2v) is 11.1. The summed E-state index contributed by atoms with van der Waals surface area (Å²) in [5.41, 5.74) is 7.03. The minimum Gasteiger partial charge on any atom is -0.486 e. The van der Waals surface area contributed by atoms with E-state index in [0.29, 0.717) is 54.3 Å². The van der Waals surface area contributed by atoms with E-state index < -0.39 is 6.17 Å². The molecule has 9 nitrogen and oxygen atoms in total. The number of hydrogen-bond donors (Lipinski definition) is 2. The van der Waals surface area contributed by atoms with Crippen molar-refractivity contribution in [3.05, 3.63) is 24.2 Å². The van der Waals surface area contributed by atoms with E-state index in [9.17, 15) is 9.50 Å². The Morgan fingerprint density at radius 2 is 2.11 bits per heavy atom. The van der Waals surface area contributed by atoms with E-state index >= 15 is 0 Å². The van der Waals surface area contributed by atoms with E-state index in [1.165, 1.54) is 11.8 Å². The highest BCUT2D eigenvalue weighted by molar-refractivity contribution is 7.99. The van der Waals surface area contributed by atoms with Gasteiger partial charge in [-0.05, 0) is 25.8 Å². The van der Waals surface area contributed by atoms with Crippen molar-refractivity contribution in [1.29, 1.82) is 0 Å². The monoisotopic (exact) mass is 502 g/mol. The number of aliphatic hydroxyl groups is 1. The topological polar surface area (TPSA) is 110 Å². The van der Waals surface area contributed by atoms with Crippen molar-refractivity contribution in [3.8, 4) is 5.75 Å². The Morgan fingerprint density at radius 3 is 2.86 bits per heavy atom. The van der Waals surface area contributed by atoms with E-state index in [2.05, 4.69) is 9.88 Å². The van der Waals surface area contributed by atoms with Gasteiger partial charge in [0.05, 0.1) is 43.0 Å². The van der Waals surface area contributed by atoms with Crippen LogP contribution in [0, 0.1) is 5.41 Å². The van der Waals surface area contributed by atoms with Crippen LogP contribution in [0.25, 0.3) is 0 Å². The highest BCUT2D eigenvalue weighted by Gasteiger charge is 2.47. The number of rotatable bonds is 4. The molecule has 0 aromatic carbocycles. The van der Waals surface area contributed by atoms with Gasteiger partial charge in [0.1, 0.15) is 23.5 Å². The molecule has 0 saturated carbocycles. The van der Waals surface area contributed by atoms with Crippen molar-refractivity contribution >= 4 is 23.4 Å². The maximum atomic E-state index is 14.0. The minimum absolute atomic E-state index is 0.0233. The third-order valence-electron chi connectivity index (χ3n) is 7.98. The van der Waals surface area contributed by atoms with Crippen LogP contribution in [0.3, 0.4) is 0 Å². The lowest BCUT2D eigenvalue weighted by atomic mass is 9.73. The predicted molar refractivity (Wildman–Crippen MR) is 130 cm³/mol. The zero-order chi connectivity index (χ0) is 24.2. The molecule has 188 valence electrons. The number of halogens is 1. The van der Waals surface area contributed by atoms with Crippen LogP contribution >= 0.6 is 11.8 Å². The number of piperidine rings is 1. The molecule has 4 atom stereocenters. The maximum absolute atomic E-state index is 14.0. The first-order chi connectivity index (χ1) is 17.0. The summed E-state index contributed by atoms with van der Waals surface area (Å²) in [5, 5.41) is 10.7. The number of nitrogens with two attached hydrogens (primary N) is 1. The standard InChI is InChI=1S/C24H31FN6O3S/c1-14-21(26)24(13-34-14)3-6-30(7-4-24)22-17(11-32)29-19(9-28-22)35-18-2-5-27-23-20(18)33-12-16-8-15(25)10-31(16)23/h2,5,9,14-16,21,32H,3-4,6-8,10-13,26H2,1H3/t14-,15-,16-,21+/m0/s1. The second-order valence-electron chi connectivity index (χ2n) is 10.0. The van der Waals surface area contributed by atoms with Crippen LogP contribution in [0.2, 0.25) is 0 Å². The third kappa shape index (κ3) is 4.02. The van der Waals surface area contributed by atoms with Crippen LogP contribution in [-0.2, 0) is 11.3 Å². The molecule has 3 saturated heterocycles. The van der Waals surface area contributed by atoms with Gasteiger partial charge in [-0.1, -0.05) is 11.8 Å². The number of fused-ring (bicyclic) bond motifs is 3. The SMILES string of the molecule is C[C@@H]1OCC2(CCN(c3ncc(Sc4ccnc5c4OC[C@@H]4C[C@H](F)CN54)nc3CO)CC2)[C@@H]1N. The van der Waals surface area contributed by atoms with Crippen molar-refractivity contribution in [2.75, 3.05) is 42.6 Å². The molecule has 0 bridgehead atoms. The van der Waals surface area contributed by atoms with Crippen molar-refractivity contribution in [2.45, 2.75) is 67.1 Å². The normalized spacial score (nSPS) is 29.3. The van der Waals surface area contributed by atoms with Crippen LogP contribution in [0.5, 0.6) is 5.75 Å². The fourth-order valence-corrected chi connectivity index (χ4v) is 6.73. The summed E-state index contributed by atoms with van der Waals surface area (Å²) in [5.74, 6) is 2.06. The molecule has 2 aromatic heterocycles. The summed E-state index contributed by atoms with van der Waals surface area (Å²) in [4.78, 5) is 18.9. The molecule has 0 aliphatic carbocycles. The van der Waals surface area contributed by atoms with Gasteiger partial charge < -0.3 is 30.1 Å². The van der Waals surface area contributed by atoms with Gasteiger partial charge in [-0.3, -0.25) is 0 Å². The summed E-state index contributed by atoms with van der Waals surface area (Å²) in [6, 6.07) is 1.95. The molecule has 1 spiro atoms. The number of anilines is 2. The highest BCUT2D eigenvalue weighted by atomic mass is 32.2. The van der Waals surface area contributed by atoms with Gasteiger partial charge in [-0.25, -0.2) is 19.3 Å². The summed E-state index contributed by atoms with van der Waals surface area (Å²) in [6.45, 7) is 4.95. The molecule has 3 N–H and O–H groups in total. The van der Waals surface area contributed by atoms with Gasteiger partial charge in [0.2, 0.25) is 0 Å². The third-order valence-corrected chi connectivity index (χ3v) is 8.92. The Labute approximate surface area is 208 Å². The number of aliphatic hydroxyl groups excluding tert-OH is 1. The molecule has 35 heavy (non-hydrogen) atoms. The smallest absolute Gasteiger partial charge is 0.175 e. The first-order valence-corrected chi connectivity index (χ1v) is 13.1. The van der Waals surface area contributed by atoms with Gasteiger partial charge in [0.15, 0.2) is 17.4 Å². The van der Waals surface area contributed by atoms with Gasteiger partial charge in [0.25, 0.3) is 0 Å². The average molecular weight is 503 g/mol. The molecule has 6 heterocycles. The first kappa shape index (κ1) is 23.2. The zero-order valence-corrected chi connectivity index (χ0v) is 20.6. The minimum atomic E-state index is -0.858. The van der Waals surface area contributed by atoms with Crippen LogP contribution < -0.4 is 20.3 Å². The van der Waals surface area contributed by atoms with Crippen molar-refractivity contribution in [3.63, 3.8) is 0 Å². The Bertz CT molecular complexity index is 1100. The number of alkyl halides is 1. The van der Waals surface area contributed by atoms with Crippen molar-refractivity contribution in [1.82, 2.24) is 15.0 Å². The molecule has 0 unspecified atom stereocenters. The fourth-order valence-electron chi connectivity index (χ4n) is 5.87. The van der Waals surface area contributed by atoms with Crippen LogP contribution in [0.1, 0.15) is 31.9 Å². The number of hydrogen-bond acceptors (Lipinski definition) is 10. The Morgan fingerprint density at radius 1 is 1.29 bits per heavy atom. The Balaban J connectivity index is 1.19. The van der Waals surface area contributed by atoms with E-state index in [1.54, 1.807) is 12.4 Å². The Kier molecular flexibility index (Phi) is 5.98. The summed E-state index contributed by atoms with van der Waals surface area (Å²) in [7, 11) is 0. The largest absolute Gasteiger partial charge is 0.486 e. The fraction of sp³-hybridized carbons (Fsp3) is 0.625. The molecular weight excluding hydrogens is 471 g/mol. The number of ether oxygens (including phenoxy) is 2. The van der Waals surface area contributed by atoms with Crippen LogP contribution in [0.15, 0.2) is 28.4 Å². The van der Waals surface area contributed by atoms with E-state index in [4.69, 9.17) is 25.2 Å². The number of pyridine rings is 1. The van der Waals surface area contributed by atoms with Crippen LogP contribution in [-0.4, -0.2) is 77.3 Å².